The molecule has 1 aromatic carbocycles. The third-order valence-corrected chi connectivity index (χ3v) is 5.41. The first-order valence-corrected chi connectivity index (χ1v) is 9.30. The number of likely N-dealkylation sites (N-methyl/N-ethyl adjacent to an activating group) is 1. The van der Waals surface area contributed by atoms with E-state index in [1.165, 1.54) is 0 Å². The Balaban J connectivity index is 1.93. The fourth-order valence-corrected chi connectivity index (χ4v) is 3.89. The second kappa shape index (κ2) is 8.84. The number of piperidine rings is 1. The molecule has 2 N–H and O–H groups in total. The van der Waals surface area contributed by atoms with Crippen molar-refractivity contribution in [3.05, 3.63) is 28.3 Å². The summed E-state index contributed by atoms with van der Waals surface area (Å²) in [5.74, 6) is -0.885. The molecule has 26 heavy (non-hydrogen) atoms. The lowest BCUT2D eigenvalue weighted by molar-refractivity contribution is -0.138. The minimum absolute atomic E-state index is 0.0475. The molecule has 0 radical (unpaired) electrons. The number of carboxylic acids is 1. The van der Waals surface area contributed by atoms with Crippen molar-refractivity contribution in [2.24, 2.45) is 0 Å². The predicted octanol–water partition coefficient (Wildman–Crippen LogP) is 2.76. The first-order valence-electron chi connectivity index (χ1n) is 8.92. The van der Waals surface area contributed by atoms with Crippen LogP contribution in [0.5, 0.6) is 0 Å². The van der Waals surface area contributed by atoms with Crippen LogP contribution in [0.25, 0.3) is 0 Å². The maximum Gasteiger partial charge on any atom is 0.317 e. The molecule has 0 aromatic heterocycles. The number of aliphatic carboxylic acids is 1. The number of carbonyl (C=O) groups excluding carboxylic acids is 1. The van der Waals surface area contributed by atoms with E-state index in [1.807, 2.05) is 44.9 Å². The van der Waals surface area contributed by atoms with Crippen LogP contribution in [0, 0.1) is 13.8 Å². The smallest absolute Gasteiger partial charge is 0.317 e. The minimum Gasteiger partial charge on any atom is -0.480 e. The standard InChI is InChI=1S/C19H28ClN3O3/c1-12-9-13(2)18(16(20)10-12)21-19(26)14(3)23-7-5-15(6-8-23)22(4)11-17(24)25/h9-10,14-15H,5-8,11H2,1-4H3,(H,21,26)(H,24,25). The number of nitrogens with one attached hydrogen (secondary N) is 1. The van der Waals surface area contributed by atoms with Gasteiger partial charge >= 0.3 is 5.97 Å². The Bertz CT molecular complexity index is 649. The molecule has 1 heterocycles. The number of halogens is 1. The Hall–Kier alpha value is -1.63. The summed E-state index contributed by atoms with van der Waals surface area (Å²) in [6, 6.07) is 3.82. The Morgan fingerprint density at radius 3 is 2.50 bits per heavy atom. The molecule has 0 aliphatic carbocycles. The monoisotopic (exact) mass is 381 g/mol. The van der Waals surface area contributed by atoms with E-state index in [0.29, 0.717) is 10.7 Å². The van der Waals surface area contributed by atoms with Crippen LogP contribution in [0.1, 0.15) is 30.9 Å². The summed E-state index contributed by atoms with van der Waals surface area (Å²) in [6.07, 6.45) is 1.71. The molecule has 1 amide bonds. The van der Waals surface area contributed by atoms with E-state index >= 15 is 0 Å². The zero-order chi connectivity index (χ0) is 19.4. The van der Waals surface area contributed by atoms with Gasteiger partial charge < -0.3 is 10.4 Å². The van der Waals surface area contributed by atoms with E-state index in [0.717, 1.165) is 37.1 Å². The lowest BCUT2D eigenvalue weighted by Crippen LogP contribution is -2.50. The molecule has 1 saturated heterocycles. The Labute approximate surface area is 160 Å². The number of benzene rings is 1. The molecule has 0 saturated carbocycles. The van der Waals surface area contributed by atoms with Gasteiger partial charge in [0.2, 0.25) is 5.91 Å². The number of nitrogens with zero attached hydrogens (tertiary/aromatic N) is 2. The van der Waals surface area contributed by atoms with Crippen molar-refractivity contribution in [3.8, 4) is 0 Å². The van der Waals surface area contributed by atoms with Crippen LogP contribution in [-0.2, 0) is 9.59 Å². The molecule has 1 aliphatic heterocycles. The number of carbonyl (C=O) groups is 2. The first kappa shape index (κ1) is 20.7. The van der Waals surface area contributed by atoms with Gasteiger partial charge in [-0.15, -0.1) is 0 Å². The normalized spacial score (nSPS) is 17.3. The predicted molar refractivity (Wildman–Crippen MR) is 104 cm³/mol. The summed E-state index contributed by atoms with van der Waals surface area (Å²) in [4.78, 5) is 27.5. The molecular formula is C19H28ClN3O3. The van der Waals surface area contributed by atoms with Crippen molar-refractivity contribution in [1.29, 1.82) is 0 Å². The third-order valence-electron chi connectivity index (χ3n) is 5.11. The van der Waals surface area contributed by atoms with Gasteiger partial charge in [0.25, 0.3) is 0 Å². The fraction of sp³-hybridized carbons (Fsp3) is 0.579. The maximum absolute atomic E-state index is 12.7. The van der Waals surface area contributed by atoms with Crippen LogP contribution < -0.4 is 5.32 Å². The molecule has 1 unspecified atom stereocenters. The minimum atomic E-state index is -0.812. The van der Waals surface area contributed by atoms with Gasteiger partial charge in [0.15, 0.2) is 0 Å². The van der Waals surface area contributed by atoms with Gasteiger partial charge in [0.05, 0.1) is 23.3 Å². The van der Waals surface area contributed by atoms with Gasteiger partial charge in [0.1, 0.15) is 0 Å². The van der Waals surface area contributed by atoms with Crippen molar-refractivity contribution < 1.29 is 14.7 Å². The van der Waals surface area contributed by atoms with E-state index in [1.54, 1.807) is 0 Å². The number of likely N-dealkylation sites (tertiary alicyclic amines) is 1. The van der Waals surface area contributed by atoms with E-state index in [4.69, 9.17) is 16.7 Å². The van der Waals surface area contributed by atoms with Crippen LogP contribution in [0.4, 0.5) is 5.69 Å². The van der Waals surface area contributed by atoms with Crippen molar-refractivity contribution in [2.45, 2.75) is 45.7 Å². The van der Waals surface area contributed by atoms with Gasteiger partial charge in [-0.1, -0.05) is 17.7 Å². The second-order valence-corrected chi connectivity index (χ2v) is 7.59. The number of rotatable bonds is 6. The van der Waals surface area contributed by atoms with Crippen LogP contribution in [0.2, 0.25) is 5.02 Å². The number of carboxylic acid groups (broad SMARTS) is 1. The number of hydrogen-bond acceptors (Lipinski definition) is 4. The van der Waals surface area contributed by atoms with Crippen molar-refractivity contribution in [1.82, 2.24) is 9.80 Å². The van der Waals surface area contributed by atoms with Gasteiger partial charge in [0, 0.05) is 19.1 Å². The highest BCUT2D eigenvalue weighted by molar-refractivity contribution is 6.34. The molecule has 144 valence electrons. The molecule has 7 heteroatoms. The number of hydrogen-bond donors (Lipinski definition) is 2. The van der Waals surface area contributed by atoms with E-state index < -0.39 is 5.97 Å². The van der Waals surface area contributed by atoms with E-state index in [2.05, 4.69) is 10.2 Å². The second-order valence-electron chi connectivity index (χ2n) is 7.18. The van der Waals surface area contributed by atoms with Gasteiger partial charge in [-0.25, -0.2) is 0 Å². The molecule has 1 atom stereocenters. The average molecular weight is 382 g/mol. The molecule has 0 spiro atoms. The topological polar surface area (TPSA) is 72.9 Å². The van der Waals surface area contributed by atoms with Crippen molar-refractivity contribution in [3.63, 3.8) is 0 Å². The maximum atomic E-state index is 12.7. The number of anilines is 1. The third kappa shape index (κ3) is 5.19. The zero-order valence-corrected chi connectivity index (χ0v) is 16.6. The highest BCUT2D eigenvalue weighted by Gasteiger charge is 2.29. The number of amides is 1. The Kier molecular flexibility index (Phi) is 7.03. The molecule has 1 aliphatic rings. The molecule has 2 rings (SSSR count). The average Bonchev–Trinajstić information content (AvgIpc) is 2.56. The number of aryl methyl sites for hydroxylation is 2. The Morgan fingerprint density at radius 1 is 1.35 bits per heavy atom. The summed E-state index contributed by atoms with van der Waals surface area (Å²) >= 11 is 6.28. The quantitative estimate of drug-likeness (QED) is 0.792. The van der Waals surface area contributed by atoms with Gasteiger partial charge in [-0.3, -0.25) is 19.4 Å². The lowest BCUT2D eigenvalue weighted by Gasteiger charge is -2.38. The molecule has 1 aromatic rings. The zero-order valence-electron chi connectivity index (χ0n) is 15.9. The summed E-state index contributed by atoms with van der Waals surface area (Å²) in [6.45, 7) is 7.38. The largest absolute Gasteiger partial charge is 0.480 e. The molecular weight excluding hydrogens is 354 g/mol. The Morgan fingerprint density at radius 2 is 1.96 bits per heavy atom. The van der Waals surface area contributed by atoms with Gasteiger partial charge in [-0.05, 0) is 57.9 Å². The SMILES string of the molecule is Cc1cc(C)c(NC(=O)C(C)N2CCC(N(C)CC(=O)O)CC2)c(Cl)c1. The van der Waals surface area contributed by atoms with Crippen molar-refractivity contribution >= 4 is 29.2 Å². The van der Waals surface area contributed by atoms with E-state index in [9.17, 15) is 9.59 Å². The summed E-state index contributed by atoms with van der Waals surface area (Å²) in [5.41, 5.74) is 2.68. The van der Waals surface area contributed by atoms with Crippen LogP contribution in [0.3, 0.4) is 0 Å². The van der Waals surface area contributed by atoms with Gasteiger partial charge in [-0.2, -0.15) is 0 Å². The summed E-state index contributed by atoms with van der Waals surface area (Å²) in [5, 5.41) is 12.4. The van der Waals surface area contributed by atoms with E-state index in [-0.39, 0.29) is 24.5 Å². The van der Waals surface area contributed by atoms with Crippen LogP contribution >= 0.6 is 11.6 Å². The van der Waals surface area contributed by atoms with Crippen LogP contribution in [0.15, 0.2) is 12.1 Å². The highest BCUT2D eigenvalue weighted by Crippen LogP contribution is 2.28. The molecule has 0 bridgehead atoms. The first-order chi connectivity index (χ1) is 12.2. The highest BCUT2D eigenvalue weighted by atomic mass is 35.5. The van der Waals surface area contributed by atoms with Crippen molar-refractivity contribution in [2.75, 3.05) is 32.0 Å². The fourth-order valence-electron chi connectivity index (χ4n) is 3.52. The molecule has 1 fully saturated rings. The van der Waals surface area contributed by atoms with Crippen LogP contribution in [-0.4, -0.2) is 65.5 Å². The summed E-state index contributed by atoms with van der Waals surface area (Å²) < 4.78 is 0. The lowest BCUT2D eigenvalue weighted by atomic mass is 10.0. The summed E-state index contributed by atoms with van der Waals surface area (Å²) in [7, 11) is 1.84. The molecule has 6 nitrogen and oxygen atoms in total.